The molecular weight excluding hydrogens is 190 g/mol. The molecule has 0 bridgehead atoms. The molecule has 78 valence electrons. The first-order valence-corrected chi connectivity index (χ1v) is 6.49. The van der Waals surface area contributed by atoms with E-state index in [0.29, 0.717) is 13.2 Å². The third kappa shape index (κ3) is 4.86. The molecule has 0 unspecified atom stereocenters. The summed E-state index contributed by atoms with van der Waals surface area (Å²) in [6.45, 7) is 6.30. The second kappa shape index (κ2) is 5.95. The lowest BCUT2D eigenvalue weighted by atomic mass is 10.9. The standard InChI is InChI=1S/C7H17NO4Si/c1-5-10-13(4,11-6-2)12-7(9)8-3/h5-6H2,1-4H3,(H,8,9). The van der Waals surface area contributed by atoms with Gasteiger partial charge in [0.05, 0.1) is 0 Å². The summed E-state index contributed by atoms with van der Waals surface area (Å²) in [4.78, 5) is 10.9. The van der Waals surface area contributed by atoms with Crippen LogP contribution < -0.4 is 5.32 Å². The molecule has 6 heteroatoms. The maximum absolute atomic E-state index is 10.9. The Labute approximate surface area is 79.7 Å². The van der Waals surface area contributed by atoms with Gasteiger partial charge >= 0.3 is 14.9 Å². The summed E-state index contributed by atoms with van der Waals surface area (Å²) in [6, 6.07) is 0. The van der Waals surface area contributed by atoms with Crippen LogP contribution in [0.4, 0.5) is 4.79 Å². The van der Waals surface area contributed by atoms with Gasteiger partial charge in [0.15, 0.2) is 0 Å². The van der Waals surface area contributed by atoms with Gasteiger partial charge in [-0.25, -0.2) is 4.79 Å². The third-order valence-electron chi connectivity index (χ3n) is 1.30. The van der Waals surface area contributed by atoms with Gasteiger partial charge < -0.3 is 18.6 Å². The summed E-state index contributed by atoms with van der Waals surface area (Å²) in [6.07, 6.45) is -0.518. The van der Waals surface area contributed by atoms with Crippen LogP contribution in [-0.4, -0.2) is 35.2 Å². The largest absolute Gasteiger partial charge is 0.565 e. The topological polar surface area (TPSA) is 56.8 Å². The molecular formula is C7H17NO4Si. The smallest absolute Gasteiger partial charge is 0.457 e. The molecule has 0 aromatic carbocycles. The van der Waals surface area contributed by atoms with E-state index in [1.807, 2.05) is 13.8 Å². The average Bonchev–Trinajstić information content (AvgIpc) is 2.04. The fraction of sp³-hybridized carbons (Fsp3) is 0.857. The Morgan fingerprint density at radius 3 is 2.08 bits per heavy atom. The molecule has 0 aliphatic heterocycles. The monoisotopic (exact) mass is 207 g/mol. The van der Waals surface area contributed by atoms with Gasteiger partial charge in [-0.2, -0.15) is 0 Å². The fourth-order valence-corrected chi connectivity index (χ4v) is 2.53. The third-order valence-corrected chi connectivity index (χ3v) is 3.48. The van der Waals surface area contributed by atoms with Gasteiger partial charge in [0.2, 0.25) is 0 Å². The van der Waals surface area contributed by atoms with Crippen molar-refractivity contribution in [3.63, 3.8) is 0 Å². The van der Waals surface area contributed by atoms with Gasteiger partial charge in [-0.3, -0.25) is 0 Å². The summed E-state index contributed by atoms with van der Waals surface area (Å²) < 4.78 is 15.6. The van der Waals surface area contributed by atoms with Crippen LogP contribution in [0.25, 0.3) is 0 Å². The SMILES string of the molecule is CCO[Si](C)(OCC)OC(=O)NC. The Balaban J connectivity index is 4.13. The summed E-state index contributed by atoms with van der Waals surface area (Å²) in [7, 11) is -1.25. The van der Waals surface area contributed by atoms with E-state index in [1.165, 1.54) is 7.05 Å². The maximum atomic E-state index is 10.9. The van der Waals surface area contributed by atoms with Crippen molar-refractivity contribution < 1.29 is 18.1 Å². The van der Waals surface area contributed by atoms with Crippen LogP contribution in [0.5, 0.6) is 0 Å². The second-order valence-electron chi connectivity index (χ2n) is 2.37. The van der Waals surface area contributed by atoms with E-state index in [1.54, 1.807) is 6.55 Å². The molecule has 5 nitrogen and oxygen atoms in total. The molecule has 0 rings (SSSR count). The van der Waals surface area contributed by atoms with E-state index in [9.17, 15) is 4.79 Å². The first kappa shape index (κ1) is 12.4. The van der Waals surface area contributed by atoms with Crippen molar-refractivity contribution in [1.29, 1.82) is 0 Å². The molecule has 0 aromatic heterocycles. The van der Waals surface area contributed by atoms with Crippen molar-refractivity contribution in [2.45, 2.75) is 20.4 Å². The Hall–Kier alpha value is -0.593. The minimum absolute atomic E-state index is 0.472. The molecule has 1 amide bonds. The van der Waals surface area contributed by atoms with Crippen LogP contribution >= 0.6 is 0 Å². The van der Waals surface area contributed by atoms with Crippen LogP contribution in [-0.2, 0) is 13.3 Å². The Bertz CT molecular complexity index is 159. The van der Waals surface area contributed by atoms with Crippen LogP contribution in [0, 0.1) is 0 Å². The molecule has 0 fully saturated rings. The molecule has 13 heavy (non-hydrogen) atoms. The average molecular weight is 207 g/mol. The highest BCUT2D eigenvalue weighted by atomic mass is 28.4. The zero-order valence-corrected chi connectivity index (χ0v) is 9.55. The molecule has 0 radical (unpaired) electrons. The number of carbonyl (C=O) groups excluding carboxylic acids is 1. The minimum atomic E-state index is -2.75. The first-order chi connectivity index (χ1) is 6.08. The Morgan fingerprint density at radius 2 is 1.77 bits per heavy atom. The second-order valence-corrected chi connectivity index (χ2v) is 4.87. The van der Waals surface area contributed by atoms with Gasteiger partial charge in [-0.1, -0.05) is 0 Å². The van der Waals surface area contributed by atoms with Gasteiger partial charge in [0.1, 0.15) is 0 Å². The number of hydrogen-bond donors (Lipinski definition) is 1. The van der Waals surface area contributed by atoms with Crippen molar-refractivity contribution >= 4 is 14.9 Å². The number of rotatable bonds is 5. The predicted molar refractivity (Wildman–Crippen MR) is 50.4 cm³/mol. The van der Waals surface area contributed by atoms with Gasteiger partial charge in [0.25, 0.3) is 0 Å². The summed E-state index contributed by atoms with van der Waals surface area (Å²) in [5.74, 6) is 0. The summed E-state index contributed by atoms with van der Waals surface area (Å²) in [5, 5.41) is 2.35. The van der Waals surface area contributed by atoms with E-state index < -0.39 is 14.9 Å². The molecule has 0 atom stereocenters. The lowest BCUT2D eigenvalue weighted by molar-refractivity contribution is 0.0941. The van der Waals surface area contributed by atoms with Crippen molar-refractivity contribution in [1.82, 2.24) is 5.32 Å². The highest BCUT2D eigenvalue weighted by Crippen LogP contribution is 2.08. The zero-order valence-electron chi connectivity index (χ0n) is 8.55. The lowest BCUT2D eigenvalue weighted by Crippen LogP contribution is -2.46. The minimum Gasteiger partial charge on any atom is -0.457 e. The normalized spacial score (nSPS) is 11.1. The molecule has 0 aliphatic carbocycles. The first-order valence-electron chi connectivity index (χ1n) is 4.26. The highest BCUT2D eigenvalue weighted by molar-refractivity contribution is 6.60. The maximum Gasteiger partial charge on any atom is 0.565 e. The van der Waals surface area contributed by atoms with E-state index in [2.05, 4.69) is 5.32 Å². The van der Waals surface area contributed by atoms with Gasteiger partial charge in [0, 0.05) is 26.8 Å². The van der Waals surface area contributed by atoms with E-state index >= 15 is 0 Å². The van der Waals surface area contributed by atoms with Gasteiger partial charge in [-0.05, 0) is 13.8 Å². The molecule has 0 saturated carbocycles. The van der Waals surface area contributed by atoms with Crippen LogP contribution in [0.1, 0.15) is 13.8 Å². The van der Waals surface area contributed by atoms with Gasteiger partial charge in [-0.15, -0.1) is 0 Å². The highest BCUT2D eigenvalue weighted by Gasteiger charge is 2.38. The zero-order chi connectivity index (χ0) is 10.3. The Kier molecular flexibility index (Phi) is 5.68. The molecule has 1 N–H and O–H groups in total. The van der Waals surface area contributed by atoms with Crippen LogP contribution in [0.3, 0.4) is 0 Å². The number of hydrogen-bond acceptors (Lipinski definition) is 4. The molecule has 0 aromatic rings. The van der Waals surface area contributed by atoms with Crippen molar-refractivity contribution in [3.8, 4) is 0 Å². The van der Waals surface area contributed by atoms with E-state index in [0.717, 1.165) is 0 Å². The fourth-order valence-electron chi connectivity index (χ4n) is 0.844. The number of nitrogens with one attached hydrogen (secondary N) is 1. The predicted octanol–water partition coefficient (Wildman–Crippen LogP) is 0.984. The van der Waals surface area contributed by atoms with Crippen molar-refractivity contribution in [2.24, 2.45) is 0 Å². The van der Waals surface area contributed by atoms with Crippen LogP contribution in [0.15, 0.2) is 0 Å². The quantitative estimate of drug-likeness (QED) is 0.683. The summed E-state index contributed by atoms with van der Waals surface area (Å²) >= 11 is 0. The molecule has 0 aliphatic rings. The van der Waals surface area contributed by atoms with Crippen molar-refractivity contribution in [2.75, 3.05) is 20.3 Å². The molecule has 0 spiro atoms. The Morgan fingerprint density at radius 1 is 1.31 bits per heavy atom. The van der Waals surface area contributed by atoms with E-state index in [-0.39, 0.29) is 0 Å². The number of carbonyl (C=O) groups is 1. The van der Waals surface area contributed by atoms with Crippen molar-refractivity contribution in [3.05, 3.63) is 0 Å². The van der Waals surface area contributed by atoms with E-state index in [4.69, 9.17) is 13.3 Å². The molecule has 0 heterocycles. The number of amides is 1. The molecule has 0 saturated heterocycles. The van der Waals surface area contributed by atoms with Crippen LogP contribution in [0.2, 0.25) is 6.55 Å². The lowest BCUT2D eigenvalue weighted by Gasteiger charge is -2.23. The summed E-state index contributed by atoms with van der Waals surface area (Å²) in [5.41, 5.74) is 0.